The van der Waals surface area contributed by atoms with Crippen LogP contribution < -0.4 is 0 Å². The molecule has 3 rings (SSSR count). The molecule has 2 heterocycles. The number of hydrogen-bond donors (Lipinski definition) is 1. The lowest BCUT2D eigenvalue weighted by atomic mass is 10.1. The molecule has 6 heteroatoms. The number of benzene rings is 1. The number of aromatic nitrogens is 4. The van der Waals surface area contributed by atoms with Crippen molar-refractivity contribution >= 4 is 38.6 Å². The molecule has 17 heavy (non-hydrogen) atoms. The van der Waals surface area contributed by atoms with E-state index in [9.17, 15) is 0 Å². The highest BCUT2D eigenvalue weighted by molar-refractivity contribution is 9.10. The first-order chi connectivity index (χ1) is 8.24. The summed E-state index contributed by atoms with van der Waals surface area (Å²) in [4.78, 5) is 8.33. The van der Waals surface area contributed by atoms with Gasteiger partial charge in [-0.25, -0.2) is 4.98 Å². The number of H-pyrrole nitrogens is 1. The summed E-state index contributed by atoms with van der Waals surface area (Å²) in [5.41, 5.74) is 2.38. The number of fused-ring (bicyclic) bond motifs is 1. The van der Waals surface area contributed by atoms with Gasteiger partial charge in [0.2, 0.25) is 5.28 Å². The van der Waals surface area contributed by atoms with Gasteiger partial charge in [-0.15, -0.1) is 0 Å². The van der Waals surface area contributed by atoms with Gasteiger partial charge in [0.25, 0.3) is 0 Å². The van der Waals surface area contributed by atoms with E-state index in [1.165, 1.54) is 0 Å². The SMILES string of the molecule is Clc1nc(-c2cccc(Br)c2)c2cn[nH]c2n1. The zero-order valence-corrected chi connectivity index (χ0v) is 10.8. The molecule has 0 unspecified atom stereocenters. The van der Waals surface area contributed by atoms with Gasteiger partial charge in [0.1, 0.15) is 0 Å². The van der Waals surface area contributed by atoms with E-state index < -0.39 is 0 Å². The second-order valence-electron chi connectivity index (χ2n) is 3.48. The second kappa shape index (κ2) is 4.09. The van der Waals surface area contributed by atoms with E-state index in [0.29, 0.717) is 5.65 Å². The summed E-state index contributed by atoms with van der Waals surface area (Å²) in [6, 6.07) is 7.85. The summed E-state index contributed by atoms with van der Waals surface area (Å²) in [6.07, 6.45) is 1.70. The van der Waals surface area contributed by atoms with E-state index in [1.807, 2.05) is 24.3 Å². The van der Waals surface area contributed by atoms with Gasteiger partial charge >= 0.3 is 0 Å². The Morgan fingerprint density at radius 1 is 1.24 bits per heavy atom. The smallest absolute Gasteiger partial charge is 0.224 e. The largest absolute Gasteiger partial charge is 0.261 e. The zero-order chi connectivity index (χ0) is 11.8. The lowest BCUT2D eigenvalue weighted by molar-refractivity contribution is 1.09. The first-order valence-electron chi connectivity index (χ1n) is 4.86. The van der Waals surface area contributed by atoms with E-state index in [1.54, 1.807) is 6.20 Å². The Labute approximate surface area is 110 Å². The third-order valence-electron chi connectivity index (χ3n) is 2.38. The van der Waals surface area contributed by atoms with Crippen molar-refractivity contribution in [1.29, 1.82) is 0 Å². The molecule has 0 atom stereocenters. The van der Waals surface area contributed by atoms with Gasteiger partial charge in [0.05, 0.1) is 17.3 Å². The van der Waals surface area contributed by atoms with Crippen molar-refractivity contribution in [3.63, 3.8) is 0 Å². The predicted octanol–water partition coefficient (Wildman–Crippen LogP) is 3.44. The third-order valence-corrected chi connectivity index (χ3v) is 3.04. The maximum absolute atomic E-state index is 5.89. The fourth-order valence-electron chi connectivity index (χ4n) is 1.66. The van der Waals surface area contributed by atoms with Gasteiger partial charge in [-0.2, -0.15) is 10.1 Å². The van der Waals surface area contributed by atoms with E-state index in [-0.39, 0.29) is 5.28 Å². The molecule has 4 nitrogen and oxygen atoms in total. The minimum Gasteiger partial charge on any atom is -0.261 e. The molecule has 0 saturated heterocycles. The fraction of sp³-hybridized carbons (Fsp3) is 0. The molecule has 0 radical (unpaired) electrons. The molecule has 84 valence electrons. The van der Waals surface area contributed by atoms with Gasteiger partial charge in [-0.1, -0.05) is 28.1 Å². The van der Waals surface area contributed by atoms with Crippen LogP contribution in [0.5, 0.6) is 0 Å². The molecule has 0 saturated carbocycles. The predicted molar refractivity (Wildman–Crippen MR) is 69.8 cm³/mol. The summed E-state index contributed by atoms with van der Waals surface area (Å²) in [5, 5.41) is 7.80. The number of rotatable bonds is 1. The first kappa shape index (κ1) is 10.7. The van der Waals surface area contributed by atoms with Crippen LogP contribution in [0.15, 0.2) is 34.9 Å². The molecular weight excluding hydrogens is 304 g/mol. The molecule has 0 aliphatic heterocycles. The van der Waals surface area contributed by atoms with Crippen LogP contribution in [0.4, 0.5) is 0 Å². The van der Waals surface area contributed by atoms with Crippen molar-refractivity contribution in [2.45, 2.75) is 0 Å². The zero-order valence-electron chi connectivity index (χ0n) is 8.48. The molecule has 0 amide bonds. The van der Waals surface area contributed by atoms with Crippen molar-refractivity contribution in [2.24, 2.45) is 0 Å². The summed E-state index contributed by atoms with van der Waals surface area (Å²) >= 11 is 9.32. The van der Waals surface area contributed by atoms with Crippen LogP contribution in [-0.4, -0.2) is 20.2 Å². The highest BCUT2D eigenvalue weighted by Crippen LogP contribution is 2.27. The van der Waals surface area contributed by atoms with Crippen LogP contribution >= 0.6 is 27.5 Å². The maximum Gasteiger partial charge on any atom is 0.224 e. The summed E-state index contributed by atoms with van der Waals surface area (Å²) in [7, 11) is 0. The van der Waals surface area contributed by atoms with Crippen molar-refractivity contribution in [2.75, 3.05) is 0 Å². The standard InChI is InChI=1S/C11H6BrClN4/c12-7-3-1-2-6(4-7)9-8-5-14-17-10(8)16-11(13)15-9/h1-5H,(H,14,15,16,17). The number of nitrogens with one attached hydrogen (secondary N) is 1. The van der Waals surface area contributed by atoms with Crippen LogP contribution in [0, 0.1) is 0 Å². The normalized spacial score (nSPS) is 10.9. The van der Waals surface area contributed by atoms with E-state index in [0.717, 1.165) is 21.1 Å². The average molecular weight is 310 g/mol. The Hall–Kier alpha value is -1.46. The van der Waals surface area contributed by atoms with Crippen LogP contribution in [-0.2, 0) is 0 Å². The van der Waals surface area contributed by atoms with Crippen LogP contribution in [0.25, 0.3) is 22.3 Å². The molecular formula is C11H6BrClN4. The topological polar surface area (TPSA) is 54.5 Å². The second-order valence-corrected chi connectivity index (χ2v) is 4.74. The minimum absolute atomic E-state index is 0.205. The molecule has 0 aliphatic carbocycles. The lowest BCUT2D eigenvalue weighted by Crippen LogP contribution is -1.89. The molecule has 0 bridgehead atoms. The molecule has 1 aromatic carbocycles. The number of hydrogen-bond acceptors (Lipinski definition) is 3. The van der Waals surface area contributed by atoms with Gasteiger partial charge in [0, 0.05) is 10.0 Å². The Bertz CT molecular complexity index is 695. The average Bonchev–Trinajstić information content (AvgIpc) is 2.75. The van der Waals surface area contributed by atoms with Crippen molar-refractivity contribution in [3.05, 3.63) is 40.2 Å². The molecule has 0 aliphatic rings. The van der Waals surface area contributed by atoms with E-state index in [4.69, 9.17) is 11.6 Å². The number of aromatic amines is 1. The molecule has 0 fully saturated rings. The number of nitrogens with zero attached hydrogens (tertiary/aromatic N) is 3. The van der Waals surface area contributed by atoms with Gasteiger partial charge in [0.15, 0.2) is 5.65 Å². The lowest BCUT2D eigenvalue weighted by Gasteiger charge is -2.03. The molecule has 2 aromatic heterocycles. The monoisotopic (exact) mass is 308 g/mol. The van der Waals surface area contributed by atoms with Crippen molar-refractivity contribution in [3.8, 4) is 11.3 Å². The van der Waals surface area contributed by atoms with E-state index in [2.05, 4.69) is 36.1 Å². The maximum atomic E-state index is 5.89. The number of halogens is 2. The van der Waals surface area contributed by atoms with Crippen LogP contribution in [0.3, 0.4) is 0 Å². The summed E-state index contributed by atoms with van der Waals surface area (Å²) in [6.45, 7) is 0. The minimum atomic E-state index is 0.205. The molecule has 0 spiro atoms. The quantitative estimate of drug-likeness (QED) is 0.701. The first-order valence-corrected chi connectivity index (χ1v) is 6.04. The van der Waals surface area contributed by atoms with Gasteiger partial charge in [-0.05, 0) is 23.7 Å². The van der Waals surface area contributed by atoms with Crippen LogP contribution in [0.2, 0.25) is 5.28 Å². The highest BCUT2D eigenvalue weighted by Gasteiger charge is 2.10. The summed E-state index contributed by atoms with van der Waals surface area (Å²) in [5.74, 6) is 0. The van der Waals surface area contributed by atoms with Gasteiger partial charge < -0.3 is 0 Å². The Morgan fingerprint density at radius 3 is 2.94 bits per heavy atom. The van der Waals surface area contributed by atoms with Crippen molar-refractivity contribution < 1.29 is 0 Å². The third kappa shape index (κ3) is 1.92. The Balaban J connectivity index is 2.32. The Kier molecular flexibility index (Phi) is 2.57. The van der Waals surface area contributed by atoms with E-state index >= 15 is 0 Å². The van der Waals surface area contributed by atoms with Crippen LogP contribution in [0.1, 0.15) is 0 Å². The fourth-order valence-corrected chi connectivity index (χ4v) is 2.23. The van der Waals surface area contributed by atoms with Gasteiger partial charge in [-0.3, -0.25) is 5.10 Å². The summed E-state index contributed by atoms with van der Waals surface area (Å²) < 4.78 is 0.987. The molecule has 3 aromatic rings. The highest BCUT2D eigenvalue weighted by atomic mass is 79.9. The van der Waals surface area contributed by atoms with Crippen molar-refractivity contribution in [1.82, 2.24) is 20.2 Å². The Morgan fingerprint density at radius 2 is 2.12 bits per heavy atom. The molecule has 1 N–H and O–H groups in total.